The molecule has 0 fully saturated rings. The van der Waals surface area contributed by atoms with Crippen LogP contribution < -0.4 is 0 Å². The fourth-order valence-corrected chi connectivity index (χ4v) is 3.13. The summed E-state index contributed by atoms with van der Waals surface area (Å²) in [4.78, 5) is 0. The van der Waals surface area contributed by atoms with E-state index in [1.54, 1.807) is 0 Å². The van der Waals surface area contributed by atoms with Crippen LogP contribution in [0.5, 0.6) is 5.75 Å². The van der Waals surface area contributed by atoms with E-state index in [9.17, 15) is 5.11 Å². The average molecular weight is 252 g/mol. The van der Waals surface area contributed by atoms with Gasteiger partial charge in [0.25, 0.3) is 0 Å². The van der Waals surface area contributed by atoms with Crippen molar-refractivity contribution in [2.75, 3.05) is 0 Å². The van der Waals surface area contributed by atoms with E-state index in [-0.39, 0.29) is 0 Å². The molecule has 1 heteroatoms. The van der Waals surface area contributed by atoms with Gasteiger partial charge >= 0.3 is 0 Å². The van der Waals surface area contributed by atoms with Gasteiger partial charge in [-0.1, -0.05) is 25.1 Å². The number of aryl methyl sites for hydroxylation is 3. The Labute approximate surface area is 114 Å². The number of benzene rings is 2. The number of phenols is 1. The average Bonchev–Trinajstić information content (AvgIpc) is 2.76. The van der Waals surface area contributed by atoms with Gasteiger partial charge in [-0.3, -0.25) is 0 Å². The van der Waals surface area contributed by atoms with Gasteiger partial charge in [0.2, 0.25) is 0 Å². The van der Waals surface area contributed by atoms with Gasteiger partial charge in [-0.15, -0.1) is 0 Å². The van der Waals surface area contributed by atoms with Crippen LogP contribution >= 0.6 is 0 Å². The van der Waals surface area contributed by atoms with Gasteiger partial charge in [-0.25, -0.2) is 0 Å². The molecule has 0 aliphatic heterocycles. The molecule has 1 atom stereocenters. The second kappa shape index (κ2) is 4.41. The summed E-state index contributed by atoms with van der Waals surface area (Å²) in [6, 6.07) is 11.0. The molecule has 0 saturated carbocycles. The number of hydrogen-bond acceptors (Lipinski definition) is 1. The van der Waals surface area contributed by atoms with Crippen LogP contribution in [0, 0.1) is 13.8 Å². The third-order valence-corrected chi connectivity index (χ3v) is 4.34. The molecule has 19 heavy (non-hydrogen) atoms. The standard InChI is InChI=1S/C18H20O/c1-11-4-5-15-10-14(6-7-17(11)15)16-8-12(2)18(19)13(3)9-16/h6-11,19H,4-5H2,1-3H3/t11-/m0/s1. The molecule has 0 unspecified atom stereocenters. The summed E-state index contributed by atoms with van der Waals surface area (Å²) in [6.07, 6.45) is 2.47. The van der Waals surface area contributed by atoms with Crippen LogP contribution in [-0.2, 0) is 6.42 Å². The summed E-state index contributed by atoms with van der Waals surface area (Å²) < 4.78 is 0. The zero-order valence-electron chi connectivity index (χ0n) is 11.8. The zero-order valence-corrected chi connectivity index (χ0v) is 11.8. The van der Waals surface area contributed by atoms with Crippen molar-refractivity contribution in [3.8, 4) is 16.9 Å². The summed E-state index contributed by atoms with van der Waals surface area (Å²) in [5, 5.41) is 9.87. The minimum atomic E-state index is 0.415. The smallest absolute Gasteiger partial charge is 0.121 e. The molecule has 2 aromatic rings. The molecule has 0 radical (unpaired) electrons. The predicted octanol–water partition coefficient (Wildman–Crippen LogP) is 4.73. The van der Waals surface area contributed by atoms with Gasteiger partial charge in [0.15, 0.2) is 0 Å². The molecule has 0 bridgehead atoms. The van der Waals surface area contributed by atoms with Gasteiger partial charge in [0, 0.05) is 0 Å². The molecule has 1 N–H and O–H groups in total. The van der Waals surface area contributed by atoms with E-state index in [0.29, 0.717) is 11.7 Å². The number of fused-ring (bicyclic) bond motifs is 1. The fraction of sp³-hybridized carbons (Fsp3) is 0.333. The van der Waals surface area contributed by atoms with Gasteiger partial charge in [-0.2, -0.15) is 0 Å². The van der Waals surface area contributed by atoms with Gasteiger partial charge in [0.1, 0.15) is 5.75 Å². The zero-order chi connectivity index (χ0) is 13.6. The molecule has 0 amide bonds. The molecule has 3 rings (SSSR count). The minimum absolute atomic E-state index is 0.415. The highest BCUT2D eigenvalue weighted by molar-refractivity contribution is 5.68. The van der Waals surface area contributed by atoms with Crippen LogP contribution in [0.15, 0.2) is 30.3 Å². The SMILES string of the molecule is Cc1cc(-c2ccc3c(c2)CC[C@@H]3C)cc(C)c1O. The minimum Gasteiger partial charge on any atom is -0.507 e. The molecule has 0 saturated heterocycles. The normalized spacial score (nSPS) is 17.5. The van der Waals surface area contributed by atoms with E-state index in [0.717, 1.165) is 11.1 Å². The number of aromatic hydroxyl groups is 1. The Morgan fingerprint density at radius 2 is 1.68 bits per heavy atom. The lowest BCUT2D eigenvalue weighted by Gasteiger charge is -2.10. The summed E-state index contributed by atoms with van der Waals surface area (Å²) in [5.41, 5.74) is 7.37. The maximum atomic E-state index is 9.87. The largest absolute Gasteiger partial charge is 0.507 e. The van der Waals surface area contributed by atoms with Crippen LogP contribution in [-0.4, -0.2) is 5.11 Å². The first-order valence-corrected chi connectivity index (χ1v) is 6.99. The third-order valence-electron chi connectivity index (χ3n) is 4.34. The van der Waals surface area contributed by atoms with Crippen molar-refractivity contribution in [3.05, 3.63) is 52.6 Å². The van der Waals surface area contributed by atoms with E-state index >= 15 is 0 Å². The van der Waals surface area contributed by atoms with Crippen molar-refractivity contribution in [1.29, 1.82) is 0 Å². The van der Waals surface area contributed by atoms with Crippen molar-refractivity contribution >= 4 is 0 Å². The van der Waals surface area contributed by atoms with Crippen molar-refractivity contribution in [1.82, 2.24) is 0 Å². The molecular formula is C18H20O. The van der Waals surface area contributed by atoms with E-state index in [2.05, 4.69) is 37.3 Å². The number of rotatable bonds is 1. The van der Waals surface area contributed by atoms with Crippen LogP contribution in [0.4, 0.5) is 0 Å². The molecule has 1 nitrogen and oxygen atoms in total. The fourth-order valence-electron chi connectivity index (χ4n) is 3.13. The van der Waals surface area contributed by atoms with Crippen molar-refractivity contribution in [2.24, 2.45) is 0 Å². The number of hydrogen-bond donors (Lipinski definition) is 1. The Hall–Kier alpha value is -1.76. The molecular weight excluding hydrogens is 232 g/mol. The van der Waals surface area contributed by atoms with Crippen molar-refractivity contribution in [3.63, 3.8) is 0 Å². The van der Waals surface area contributed by atoms with Crippen LogP contribution in [0.25, 0.3) is 11.1 Å². The first kappa shape index (κ1) is 12.3. The van der Waals surface area contributed by atoms with Crippen molar-refractivity contribution in [2.45, 2.75) is 39.5 Å². The molecule has 0 spiro atoms. The molecule has 2 aromatic carbocycles. The molecule has 98 valence electrons. The Morgan fingerprint density at radius 1 is 1.00 bits per heavy atom. The lowest BCUT2D eigenvalue weighted by atomic mass is 9.96. The Kier molecular flexibility index (Phi) is 2.85. The highest BCUT2D eigenvalue weighted by atomic mass is 16.3. The summed E-state index contributed by atoms with van der Waals surface area (Å²) in [6.45, 7) is 6.23. The molecule has 0 heterocycles. The highest BCUT2D eigenvalue weighted by Crippen LogP contribution is 2.36. The van der Waals surface area contributed by atoms with E-state index < -0.39 is 0 Å². The van der Waals surface area contributed by atoms with Crippen LogP contribution in [0.2, 0.25) is 0 Å². The monoisotopic (exact) mass is 252 g/mol. The molecule has 1 aliphatic rings. The van der Waals surface area contributed by atoms with Crippen LogP contribution in [0.3, 0.4) is 0 Å². The second-order valence-corrected chi connectivity index (χ2v) is 5.81. The summed E-state index contributed by atoms with van der Waals surface area (Å²) in [7, 11) is 0. The molecule has 0 aromatic heterocycles. The third kappa shape index (κ3) is 2.03. The van der Waals surface area contributed by atoms with E-state index in [1.807, 2.05) is 13.8 Å². The maximum absolute atomic E-state index is 9.87. The van der Waals surface area contributed by atoms with Gasteiger partial charge < -0.3 is 5.11 Å². The van der Waals surface area contributed by atoms with Crippen molar-refractivity contribution < 1.29 is 5.11 Å². The maximum Gasteiger partial charge on any atom is 0.121 e. The first-order chi connectivity index (χ1) is 9.06. The quantitative estimate of drug-likeness (QED) is 0.778. The predicted molar refractivity (Wildman–Crippen MR) is 79.8 cm³/mol. The topological polar surface area (TPSA) is 20.2 Å². The Bertz CT molecular complexity index is 617. The van der Waals surface area contributed by atoms with Crippen LogP contribution in [0.1, 0.15) is 41.5 Å². The van der Waals surface area contributed by atoms with E-state index in [4.69, 9.17) is 0 Å². The highest BCUT2D eigenvalue weighted by Gasteiger charge is 2.18. The Balaban J connectivity index is 2.08. The number of phenolic OH excluding ortho intramolecular Hbond substituents is 1. The lowest BCUT2D eigenvalue weighted by molar-refractivity contribution is 0.467. The Morgan fingerprint density at radius 3 is 2.37 bits per heavy atom. The summed E-state index contributed by atoms with van der Waals surface area (Å²) in [5.74, 6) is 1.12. The molecule has 1 aliphatic carbocycles. The first-order valence-electron chi connectivity index (χ1n) is 6.99. The summed E-state index contributed by atoms with van der Waals surface area (Å²) >= 11 is 0. The second-order valence-electron chi connectivity index (χ2n) is 5.81. The van der Waals surface area contributed by atoms with Gasteiger partial charge in [-0.05, 0) is 78.1 Å². The van der Waals surface area contributed by atoms with E-state index in [1.165, 1.54) is 35.1 Å². The van der Waals surface area contributed by atoms with Gasteiger partial charge in [0.05, 0.1) is 0 Å². The lowest BCUT2D eigenvalue weighted by Crippen LogP contribution is -1.89.